The molecule has 2 heterocycles. The minimum Gasteiger partial charge on any atom is -0.481 e. The van der Waals surface area contributed by atoms with Crippen LogP contribution in [0.3, 0.4) is 0 Å². The molecule has 1 aromatic carbocycles. The van der Waals surface area contributed by atoms with Gasteiger partial charge in [-0.2, -0.15) is 9.78 Å². The zero-order valence-corrected chi connectivity index (χ0v) is 14.4. The highest BCUT2D eigenvalue weighted by Gasteiger charge is 2.21. The van der Waals surface area contributed by atoms with Crippen molar-refractivity contribution in [2.45, 2.75) is 18.0 Å². The first-order chi connectivity index (χ1) is 11.5. The molecule has 124 valence electrons. The predicted octanol–water partition coefficient (Wildman–Crippen LogP) is 2.32. The smallest absolute Gasteiger partial charge is 0.303 e. The summed E-state index contributed by atoms with van der Waals surface area (Å²) in [6.45, 7) is 0. The maximum absolute atomic E-state index is 12.4. The summed E-state index contributed by atoms with van der Waals surface area (Å²) in [6.07, 6.45) is -0.206. The number of rotatable bonds is 4. The number of thioether (sulfide) groups is 1. The molecule has 0 saturated heterocycles. The van der Waals surface area contributed by atoms with Crippen LogP contribution in [0.4, 0.5) is 0 Å². The van der Waals surface area contributed by atoms with Crippen molar-refractivity contribution in [3.63, 3.8) is 0 Å². The lowest BCUT2D eigenvalue weighted by Gasteiger charge is -2.16. The topological polar surface area (TPSA) is 97.4 Å². The molecule has 7 nitrogen and oxygen atoms in total. The van der Waals surface area contributed by atoms with E-state index in [9.17, 15) is 9.59 Å². The molecule has 2 aromatic rings. The molecule has 0 bridgehead atoms. The van der Waals surface area contributed by atoms with E-state index in [1.54, 1.807) is 18.2 Å². The van der Waals surface area contributed by atoms with E-state index in [2.05, 4.69) is 15.3 Å². The Kier molecular flexibility index (Phi) is 4.88. The molecule has 0 radical (unpaired) electrons. The minimum atomic E-state index is -1.01. The van der Waals surface area contributed by atoms with Gasteiger partial charge in [0.25, 0.3) is 5.56 Å². The fourth-order valence-electron chi connectivity index (χ4n) is 2.09. The SMILES string of the molecule is O=C(O)CCc1nnc2n(c1=O)N=C(c1cc(Cl)ccc1Cl)CS2. The molecule has 1 aromatic heterocycles. The number of fused-ring (bicyclic) bond motifs is 1. The Bertz CT molecular complexity index is 913. The molecule has 0 aliphatic carbocycles. The van der Waals surface area contributed by atoms with Crippen LogP contribution in [0.5, 0.6) is 0 Å². The molecule has 3 rings (SSSR count). The van der Waals surface area contributed by atoms with Gasteiger partial charge in [-0.15, -0.1) is 10.2 Å². The van der Waals surface area contributed by atoms with Crippen LogP contribution < -0.4 is 5.56 Å². The van der Waals surface area contributed by atoms with Crippen molar-refractivity contribution in [3.8, 4) is 0 Å². The maximum atomic E-state index is 12.4. The summed E-state index contributed by atoms with van der Waals surface area (Å²) in [5.41, 5.74) is 0.797. The van der Waals surface area contributed by atoms with E-state index >= 15 is 0 Å². The van der Waals surface area contributed by atoms with Gasteiger partial charge in [0.2, 0.25) is 5.16 Å². The van der Waals surface area contributed by atoms with Crippen LogP contribution in [0.1, 0.15) is 17.7 Å². The van der Waals surface area contributed by atoms with Crippen LogP contribution in [0.25, 0.3) is 0 Å². The zero-order chi connectivity index (χ0) is 17.3. The van der Waals surface area contributed by atoms with E-state index in [0.717, 1.165) is 4.68 Å². The van der Waals surface area contributed by atoms with Crippen LogP contribution in [-0.2, 0) is 11.2 Å². The van der Waals surface area contributed by atoms with Crippen LogP contribution in [0.2, 0.25) is 10.0 Å². The van der Waals surface area contributed by atoms with Gasteiger partial charge >= 0.3 is 5.97 Å². The Labute approximate surface area is 150 Å². The highest BCUT2D eigenvalue weighted by Crippen LogP contribution is 2.26. The molecular formula is C14H10Cl2N4O3S. The molecule has 24 heavy (non-hydrogen) atoms. The van der Waals surface area contributed by atoms with E-state index in [4.69, 9.17) is 28.3 Å². The van der Waals surface area contributed by atoms with Gasteiger partial charge in [-0.05, 0) is 18.2 Å². The predicted molar refractivity (Wildman–Crippen MR) is 91.4 cm³/mol. The highest BCUT2D eigenvalue weighted by atomic mass is 35.5. The number of aryl methyl sites for hydroxylation is 1. The van der Waals surface area contributed by atoms with Gasteiger partial charge in [-0.1, -0.05) is 35.0 Å². The second-order valence-electron chi connectivity index (χ2n) is 4.90. The second-order valence-corrected chi connectivity index (χ2v) is 6.69. The van der Waals surface area contributed by atoms with Crippen LogP contribution in [0, 0.1) is 0 Å². The molecule has 0 atom stereocenters. The van der Waals surface area contributed by atoms with Crippen molar-refractivity contribution in [2.75, 3.05) is 5.75 Å². The van der Waals surface area contributed by atoms with E-state index < -0.39 is 11.5 Å². The third-order valence-electron chi connectivity index (χ3n) is 3.25. The number of hydrogen-bond donors (Lipinski definition) is 1. The summed E-state index contributed by atoms with van der Waals surface area (Å²) >= 11 is 13.5. The van der Waals surface area contributed by atoms with Crippen molar-refractivity contribution in [1.82, 2.24) is 14.9 Å². The highest BCUT2D eigenvalue weighted by molar-refractivity contribution is 7.99. The quantitative estimate of drug-likeness (QED) is 0.868. The molecule has 1 N–H and O–H groups in total. The van der Waals surface area contributed by atoms with E-state index in [1.807, 2.05) is 0 Å². The normalized spacial score (nSPS) is 13.3. The Balaban J connectivity index is 2.03. The van der Waals surface area contributed by atoms with Crippen molar-refractivity contribution in [3.05, 3.63) is 49.9 Å². The zero-order valence-electron chi connectivity index (χ0n) is 12.1. The maximum Gasteiger partial charge on any atom is 0.303 e. The van der Waals surface area contributed by atoms with Gasteiger partial charge < -0.3 is 5.11 Å². The minimum absolute atomic E-state index is 0.00507. The lowest BCUT2D eigenvalue weighted by Crippen LogP contribution is -2.30. The molecule has 0 unspecified atom stereocenters. The number of benzene rings is 1. The Morgan fingerprint density at radius 1 is 1.33 bits per heavy atom. The fourth-order valence-corrected chi connectivity index (χ4v) is 3.31. The number of carbonyl (C=O) groups is 1. The Morgan fingerprint density at radius 3 is 2.88 bits per heavy atom. The third-order valence-corrected chi connectivity index (χ3v) is 4.75. The van der Waals surface area contributed by atoms with Crippen LogP contribution >= 0.6 is 35.0 Å². The average Bonchev–Trinajstić information content (AvgIpc) is 2.56. The Morgan fingerprint density at radius 2 is 2.12 bits per heavy atom. The monoisotopic (exact) mass is 384 g/mol. The van der Waals surface area contributed by atoms with Crippen LogP contribution in [0.15, 0.2) is 33.3 Å². The number of aromatic nitrogens is 3. The third kappa shape index (κ3) is 3.45. The standard InChI is InChI=1S/C14H10Cl2N4O3S/c15-7-1-2-9(16)8(5-7)11-6-24-14-18-17-10(3-4-12(21)22)13(23)20(14)19-11/h1-2,5H,3-4,6H2,(H,21,22). The first-order valence-corrected chi connectivity index (χ1v) is 8.56. The number of halogens is 2. The first-order valence-electron chi connectivity index (χ1n) is 6.82. The average molecular weight is 385 g/mol. The molecule has 10 heteroatoms. The summed E-state index contributed by atoms with van der Waals surface area (Å²) in [5, 5.41) is 22.1. The van der Waals surface area contributed by atoms with Crippen molar-refractivity contribution >= 4 is 46.6 Å². The van der Waals surface area contributed by atoms with E-state index in [-0.39, 0.29) is 18.5 Å². The lowest BCUT2D eigenvalue weighted by molar-refractivity contribution is -0.136. The molecule has 0 fully saturated rings. The molecule has 1 aliphatic rings. The number of hydrogen-bond acceptors (Lipinski definition) is 6. The fraction of sp³-hybridized carbons (Fsp3) is 0.214. The number of carboxylic acid groups (broad SMARTS) is 1. The van der Waals surface area contributed by atoms with E-state index in [0.29, 0.717) is 32.2 Å². The van der Waals surface area contributed by atoms with Gasteiger partial charge in [0.05, 0.1) is 12.1 Å². The van der Waals surface area contributed by atoms with Crippen molar-refractivity contribution in [2.24, 2.45) is 5.10 Å². The van der Waals surface area contributed by atoms with Gasteiger partial charge in [-0.3, -0.25) is 9.59 Å². The largest absolute Gasteiger partial charge is 0.481 e. The van der Waals surface area contributed by atoms with Gasteiger partial charge in [0.15, 0.2) is 0 Å². The van der Waals surface area contributed by atoms with E-state index in [1.165, 1.54) is 11.8 Å². The van der Waals surface area contributed by atoms with Gasteiger partial charge in [-0.25, -0.2) is 0 Å². The summed E-state index contributed by atoms with van der Waals surface area (Å²) in [5.74, 6) is -0.550. The molecular weight excluding hydrogens is 375 g/mol. The second kappa shape index (κ2) is 6.92. The van der Waals surface area contributed by atoms with Crippen molar-refractivity contribution < 1.29 is 9.90 Å². The van der Waals surface area contributed by atoms with Crippen LogP contribution in [-0.4, -0.2) is 37.4 Å². The molecule has 0 spiro atoms. The first kappa shape index (κ1) is 16.9. The summed E-state index contributed by atoms with van der Waals surface area (Å²) in [6, 6.07) is 5.01. The van der Waals surface area contributed by atoms with Crippen molar-refractivity contribution in [1.29, 1.82) is 0 Å². The van der Waals surface area contributed by atoms with Gasteiger partial charge in [0, 0.05) is 27.8 Å². The van der Waals surface area contributed by atoms with Gasteiger partial charge in [0.1, 0.15) is 5.69 Å². The summed E-state index contributed by atoms with van der Waals surface area (Å²) < 4.78 is 1.13. The molecule has 1 aliphatic heterocycles. The molecule has 0 saturated carbocycles. The summed E-state index contributed by atoms with van der Waals surface area (Å²) in [4.78, 5) is 23.1. The molecule has 0 amide bonds. The number of aliphatic carboxylic acids is 1. The summed E-state index contributed by atoms with van der Waals surface area (Å²) in [7, 11) is 0. The Hall–Kier alpha value is -1.90. The number of carboxylic acids is 1. The number of nitrogens with zero attached hydrogens (tertiary/aromatic N) is 4. The lowest BCUT2D eigenvalue weighted by atomic mass is 10.1.